The van der Waals surface area contributed by atoms with Crippen LogP contribution in [0.2, 0.25) is 0 Å². The minimum Gasteiger partial charge on any atom is -0.467 e. The Hall–Kier alpha value is -3.05. The summed E-state index contributed by atoms with van der Waals surface area (Å²) in [5.41, 5.74) is 2.13. The zero-order chi connectivity index (χ0) is 21.6. The fourth-order valence-electron chi connectivity index (χ4n) is 2.78. The smallest absolute Gasteiger partial charge is 0.277 e. The van der Waals surface area contributed by atoms with Crippen molar-refractivity contribution in [1.29, 1.82) is 5.26 Å². The number of benzene rings is 1. The van der Waals surface area contributed by atoms with E-state index in [1.165, 1.54) is 17.3 Å². The van der Waals surface area contributed by atoms with E-state index < -0.39 is 0 Å². The normalized spacial score (nSPS) is 11.3. The van der Waals surface area contributed by atoms with Gasteiger partial charge >= 0.3 is 0 Å². The van der Waals surface area contributed by atoms with Gasteiger partial charge in [-0.05, 0) is 35.2 Å². The molecule has 0 unspecified atom stereocenters. The Balaban J connectivity index is 1.60. The number of carbonyl (C=O) groups is 1. The highest BCUT2D eigenvalue weighted by atomic mass is 32.2. The average molecular weight is 425 g/mol. The summed E-state index contributed by atoms with van der Waals surface area (Å²) in [4.78, 5) is 14.2. The maximum atomic E-state index is 12.6. The molecule has 8 heteroatoms. The van der Waals surface area contributed by atoms with Gasteiger partial charge in [-0.15, -0.1) is 10.2 Å². The number of furan rings is 1. The average Bonchev–Trinajstić information content (AvgIpc) is 3.41. The Kier molecular flexibility index (Phi) is 6.95. The summed E-state index contributed by atoms with van der Waals surface area (Å²) in [6, 6.07) is 13.7. The van der Waals surface area contributed by atoms with Gasteiger partial charge in [0.25, 0.3) is 5.22 Å². The van der Waals surface area contributed by atoms with Crippen LogP contribution in [0.15, 0.2) is 56.7 Å². The molecule has 30 heavy (non-hydrogen) atoms. The van der Waals surface area contributed by atoms with E-state index in [-0.39, 0.29) is 23.5 Å². The lowest BCUT2D eigenvalue weighted by atomic mass is 9.87. The van der Waals surface area contributed by atoms with Crippen LogP contribution >= 0.6 is 11.8 Å². The highest BCUT2D eigenvalue weighted by Crippen LogP contribution is 2.27. The molecule has 156 valence electrons. The largest absolute Gasteiger partial charge is 0.467 e. The Bertz CT molecular complexity index is 998. The Labute approximate surface area is 180 Å². The molecule has 2 aromatic heterocycles. The van der Waals surface area contributed by atoms with Crippen LogP contribution in [0.1, 0.15) is 38.5 Å². The number of hydrogen-bond acceptors (Lipinski definition) is 7. The van der Waals surface area contributed by atoms with Crippen LogP contribution in [0.3, 0.4) is 0 Å². The predicted molar refractivity (Wildman–Crippen MR) is 114 cm³/mol. The van der Waals surface area contributed by atoms with Gasteiger partial charge in [-0.1, -0.05) is 44.7 Å². The molecule has 0 bridgehead atoms. The third-order valence-corrected chi connectivity index (χ3v) is 5.30. The monoisotopic (exact) mass is 424 g/mol. The van der Waals surface area contributed by atoms with E-state index in [9.17, 15) is 4.79 Å². The summed E-state index contributed by atoms with van der Waals surface area (Å²) in [5.74, 6) is 1.10. The number of nitriles is 1. The van der Waals surface area contributed by atoms with Gasteiger partial charge < -0.3 is 13.7 Å². The van der Waals surface area contributed by atoms with Crippen molar-refractivity contribution in [2.75, 3.05) is 12.3 Å². The van der Waals surface area contributed by atoms with Gasteiger partial charge in [0.2, 0.25) is 11.8 Å². The summed E-state index contributed by atoms with van der Waals surface area (Å²) in [7, 11) is 0. The molecule has 2 heterocycles. The third kappa shape index (κ3) is 5.74. The molecule has 7 nitrogen and oxygen atoms in total. The van der Waals surface area contributed by atoms with E-state index in [1.54, 1.807) is 23.3 Å². The lowest BCUT2D eigenvalue weighted by Gasteiger charge is -2.19. The molecular weight excluding hydrogens is 400 g/mol. The van der Waals surface area contributed by atoms with Gasteiger partial charge in [0.1, 0.15) is 5.76 Å². The van der Waals surface area contributed by atoms with E-state index in [1.807, 2.05) is 12.1 Å². The van der Waals surface area contributed by atoms with Crippen LogP contribution in [0.4, 0.5) is 0 Å². The summed E-state index contributed by atoms with van der Waals surface area (Å²) in [6.07, 6.45) is 1.82. The van der Waals surface area contributed by atoms with Crippen molar-refractivity contribution in [1.82, 2.24) is 15.1 Å². The van der Waals surface area contributed by atoms with E-state index in [0.717, 1.165) is 5.56 Å². The maximum Gasteiger partial charge on any atom is 0.277 e. The number of carbonyl (C=O) groups excluding carboxylic acids is 1. The van der Waals surface area contributed by atoms with E-state index in [0.29, 0.717) is 30.0 Å². The lowest BCUT2D eigenvalue weighted by Crippen LogP contribution is -2.32. The van der Waals surface area contributed by atoms with Crippen molar-refractivity contribution in [3.63, 3.8) is 0 Å². The van der Waals surface area contributed by atoms with Crippen LogP contribution in [-0.2, 0) is 16.8 Å². The first-order valence-electron chi connectivity index (χ1n) is 9.61. The molecule has 3 aromatic rings. The van der Waals surface area contributed by atoms with Gasteiger partial charge in [0.15, 0.2) is 0 Å². The number of rotatable bonds is 8. The molecule has 0 aliphatic heterocycles. The first-order valence-corrected chi connectivity index (χ1v) is 10.6. The predicted octanol–water partition coefficient (Wildman–Crippen LogP) is 4.66. The SMILES string of the molecule is CC(C)(C)c1ccc(-c2nnc(SCC(=O)N(CCC#N)Cc3ccco3)o2)cc1. The van der Waals surface area contributed by atoms with Crippen molar-refractivity contribution >= 4 is 17.7 Å². The van der Waals surface area contributed by atoms with Crippen LogP contribution in [0, 0.1) is 11.3 Å². The van der Waals surface area contributed by atoms with Crippen molar-refractivity contribution in [3.8, 4) is 17.5 Å². The van der Waals surface area contributed by atoms with Gasteiger partial charge in [0.05, 0.1) is 31.1 Å². The second kappa shape index (κ2) is 9.63. The summed E-state index contributed by atoms with van der Waals surface area (Å²) >= 11 is 1.18. The Morgan fingerprint density at radius 2 is 1.97 bits per heavy atom. The molecular formula is C22H24N4O3S. The zero-order valence-corrected chi connectivity index (χ0v) is 18.1. The number of thioether (sulfide) groups is 1. The quantitative estimate of drug-likeness (QED) is 0.485. The molecule has 0 N–H and O–H groups in total. The second-order valence-electron chi connectivity index (χ2n) is 7.79. The Morgan fingerprint density at radius 3 is 2.60 bits per heavy atom. The lowest BCUT2D eigenvalue weighted by molar-refractivity contribution is -0.129. The fourth-order valence-corrected chi connectivity index (χ4v) is 3.45. The molecule has 0 saturated heterocycles. The molecule has 0 saturated carbocycles. The standard InChI is InChI=1S/C22H24N4O3S/c1-22(2,3)17-9-7-16(8-10-17)20-24-25-21(29-20)30-15-19(27)26(12-5-11-23)14-18-6-4-13-28-18/h4,6-10,13H,5,12,14-15H2,1-3H3. The molecule has 0 radical (unpaired) electrons. The minimum absolute atomic E-state index is 0.0712. The first kappa shape index (κ1) is 21.7. The topological polar surface area (TPSA) is 96.2 Å². The number of aromatic nitrogens is 2. The molecule has 0 aliphatic carbocycles. The molecule has 1 aromatic carbocycles. The van der Waals surface area contributed by atoms with Crippen molar-refractivity contribution in [3.05, 3.63) is 54.0 Å². The Morgan fingerprint density at radius 1 is 1.20 bits per heavy atom. The zero-order valence-electron chi connectivity index (χ0n) is 17.3. The van der Waals surface area contributed by atoms with E-state index in [4.69, 9.17) is 14.1 Å². The maximum absolute atomic E-state index is 12.6. The highest BCUT2D eigenvalue weighted by molar-refractivity contribution is 7.99. The summed E-state index contributed by atoms with van der Waals surface area (Å²) in [5, 5.41) is 17.3. The van der Waals surface area contributed by atoms with Crippen LogP contribution in [-0.4, -0.2) is 33.3 Å². The molecule has 0 atom stereocenters. The summed E-state index contributed by atoms with van der Waals surface area (Å²) < 4.78 is 11.0. The van der Waals surface area contributed by atoms with Gasteiger partial charge in [-0.25, -0.2) is 0 Å². The van der Waals surface area contributed by atoms with E-state index >= 15 is 0 Å². The first-order chi connectivity index (χ1) is 14.4. The summed E-state index contributed by atoms with van der Waals surface area (Å²) in [6.45, 7) is 7.14. The van der Waals surface area contributed by atoms with Crippen molar-refractivity contribution in [2.45, 2.75) is 44.4 Å². The van der Waals surface area contributed by atoms with Crippen LogP contribution in [0.5, 0.6) is 0 Å². The molecule has 1 amide bonds. The van der Waals surface area contributed by atoms with Gasteiger partial charge in [-0.2, -0.15) is 5.26 Å². The third-order valence-electron chi connectivity index (χ3n) is 4.50. The minimum atomic E-state index is -0.124. The van der Waals surface area contributed by atoms with Crippen molar-refractivity contribution < 1.29 is 13.6 Å². The van der Waals surface area contributed by atoms with Gasteiger partial charge in [-0.3, -0.25) is 4.79 Å². The number of nitrogens with zero attached hydrogens (tertiary/aromatic N) is 4. The van der Waals surface area contributed by atoms with Crippen molar-refractivity contribution in [2.24, 2.45) is 0 Å². The number of amides is 1. The highest BCUT2D eigenvalue weighted by Gasteiger charge is 2.18. The molecule has 3 rings (SSSR count). The van der Waals surface area contributed by atoms with Crippen LogP contribution in [0.25, 0.3) is 11.5 Å². The van der Waals surface area contributed by atoms with Gasteiger partial charge in [0, 0.05) is 12.1 Å². The molecule has 0 spiro atoms. The second-order valence-corrected chi connectivity index (χ2v) is 8.72. The van der Waals surface area contributed by atoms with E-state index in [2.05, 4.69) is 49.2 Å². The molecule has 0 aliphatic rings. The number of hydrogen-bond donors (Lipinski definition) is 0. The van der Waals surface area contributed by atoms with Crippen LogP contribution < -0.4 is 0 Å². The fraction of sp³-hybridized carbons (Fsp3) is 0.364. The molecule has 0 fully saturated rings.